The maximum Gasteiger partial charge on any atom is 0.317 e. The molecule has 98 valence electrons. The molecule has 18 heavy (non-hydrogen) atoms. The van der Waals surface area contributed by atoms with E-state index in [1.54, 1.807) is 11.9 Å². The minimum Gasteiger partial charge on any atom is -0.481 e. The summed E-state index contributed by atoms with van der Waals surface area (Å²) in [4.78, 5) is 23.5. The molecular formula is C13H18N2O3. The molecule has 0 aliphatic heterocycles. The number of carboxylic acid groups (broad SMARTS) is 1. The molecule has 2 N–H and O–H groups in total. The van der Waals surface area contributed by atoms with E-state index in [0.717, 1.165) is 5.56 Å². The third-order valence-electron chi connectivity index (χ3n) is 2.45. The van der Waals surface area contributed by atoms with Crippen molar-refractivity contribution in [3.8, 4) is 0 Å². The summed E-state index contributed by atoms with van der Waals surface area (Å²) in [5.74, 6) is -0.845. The lowest BCUT2D eigenvalue weighted by molar-refractivity contribution is -0.137. The van der Waals surface area contributed by atoms with Gasteiger partial charge in [0.1, 0.15) is 0 Å². The molecule has 1 rings (SSSR count). The minimum absolute atomic E-state index is 0.0721. The van der Waals surface area contributed by atoms with E-state index in [2.05, 4.69) is 5.32 Å². The number of urea groups is 1. The number of carbonyl (C=O) groups is 2. The number of carbonyl (C=O) groups excluding carboxylic acids is 1. The molecule has 0 fully saturated rings. The zero-order chi connectivity index (χ0) is 13.4. The average Bonchev–Trinajstić information content (AvgIpc) is 2.35. The van der Waals surface area contributed by atoms with Gasteiger partial charge in [0.05, 0.1) is 0 Å². The van der Waals surface area contributed by atoms with Crippen LogP contribution in [0, 0.1) is 0 Å². The molecule has 5 nitrogen and oxygen atoms in total. The Morgan fingerprint density at radius 3 is 2.56 bits per heavy atom. The van der Waals surface area contributed by atoms with E-state index in [-0.39, 0.29) is 12.5 Å². The van der Waals surface area contributed by atoms with Gasteiger partial charge in [-0.25, -0.2) is 4.79 Å². The maximum absolute atomic E-state index is 11.7. The van der Waals surface area contributed by atoms with Gasteiger partial charge in [-0.1, -0.05) is 30.3 Å². The number of rotatable bonds is 6. The lowest BCUT2D eigenvalue weighted by atomic mass is 10.2. The largest absolute Gasteiger partial charge is 0.481 e. The highest BCUT2D eigenvalue weighted by Crippen LogP contribution is 2.02. The van der Waals surface area contributed by atoms with Crippen LogP contribution in [0.15, 0.2) is 30.3 Å². The van der Waals surface area contributed by atoms with Crippen molar-refractivity contribution in [2.24, 2.45) is 0 Å². The molecule has 0 saturated carbocycles. The smallest absolute Gasteiger partial charge is 0.317 e. The molecule has 0 aliphatic rings. The molecular weight excluding hydrogens is 232 g/mol. The molecule has 0 heterocycles. The van der Waals surface area contributed by atoms with Crippen LogP contribution >= 0.6 is 0 Å². The van der Waals surface area contributed by atoms with Crippen molar-refractivity contribution >= 4 is 12.0 Å². The molecule has 0 aliphatic carbocycles. The van der Waals surface area contributed by atoms with Crippen LogP contribution in [0.1, 0.15) is 18.4 Å². The van der Waals surface area contributed by atoms with Crippen molar-refractivity contribution < 1.29 is 14.7 Å². The normalized spacial score (nSPS) is 9.83. The topological polar surface area (TPSA) is 69.6 Å². The molecule has 0 spiro atoms. The molecule has 2 amide bonds. The van der Waals surface area contributed by atoms with Crippen molar-refractivity contribution in [3.05, 3.63) is 35.9 Å². The Kier molecular flexibility index (Phi) is 5.70. The monoisotopic (exact) mass is 250 g/mol. The summed E-state index contributed by atoms with van der Waals surface area (Å²) in [6.07, 6.45) is 0.517. The van der Waals surface area contributed by atoms with Crippen molar-refractivity contribution in [1.29, 1.82) is 0 Å². The quantitative estimate of drug-likeness (QED) is 0.755. The third-order valence-corrected chi connectivity index (χ3v) is 2.45. The van der Waals surface area contributed by atoms with Crippen LogP contribution in [0.5, 0.6) is 0 Å². The second-order valence-electron chi connectivity index (χ2n) is 4.07. The van der Waals surface area contributed by atoms with Gasteiger partial charge < -0.3 is 15.3 Å². The standard InChI is InChI=1S/C13H18N2O3/c1-15(10-11-6-3-2-4-7-11)13(18)14-9-5-8-12(16)17/h2-4,6-7H,5,8-10H2,1H3,(H,14,18)(H,16,17). The van der Waals surface area contributed by atoms with Crippen molar-refractivity contribution in [1.82, 2.24) is 10.2 Å². The van der Waals surface area contributed by atoms with Crippen molar-refractivity contribution in [3.63, 3.8) is 0 Å². The molecule has 1 aromatic carbocycles. The van der Waals surface area contributed by atoms with Gasteiger partial charge in [-0.15, -0.1) is 0 Å². The summed E-state index contributed by atoms with van der Waals surface area (Å²) in [7, 11) is 1.71. The summed E-state index contributed by atoms with van der Waals surface area (Å²) < 4.78 is 0. The Bertz CT molecular complexity index is 392. The molecule has 1 aromatic rings. The van der Waals surface area contributed by atoms with Gasteiger partial charge in [0.25, 0.3) is 0 Å². The fraction of sp³-hybridized carbons (Fsp3) is 0.385. The van der Waals surface area contributed by atoms with Crippen molar-refractivity contribution in [2.75, 3.05) is 13.6 Å². The van der Waals surface area contributed by atoms with Gasteiger partial charge in [-0.3, -0.25) is 4.79 Å². The van der Waals surface area contributed by atoms with Gasteiger partial charge >= 0.3 is 12.0 Å². The van der Waals surface area contributed by atoms with Crippen molar-refractivity contribution in [2.45, 2.75) is 19.4 Å². The van der Waals surface area contributed by atoms with Gasteiger partial charge in [-0.05, 0) is 12.0 Å². The SMILES string of the molecule is CN(Cc1ccccc1)C(=O)NCCCC(=O)O. The second-order valence-corrected chi connectivity index (χ2v) is 4.07. The first-order chi connectivity index (χ1) is 8.59. The van der Waals surface area contributed by atoms with E-state index in [1.807, 2.05) is 30.3 Å². The summed E-state index contributed by atoms with van der Waals surface area (Å²) in [6, 6.07) is 9.49. The van der Waals surface area contributed by atoms with Crippen LogP contribution in [0.4, 0.5) is 4.79 Å². The molecule has 0 atom stereocenters. The zero-order valence-corrected chi connectivity index (χ0v) is 10.4. The van der Waals surface area contributed by atoms with E-state index in [0.29, 0.717) is 19.5 Å². The van der Waals surface area contributed by atoms with E-state index in [1.165, 1.54) is 0 Å². The first-order valence-corrected chi connectivity index (χ1v) is 5.84. The summed E-state index contributed by atoms with van der Waals surface area (Å²) in [5.41, 5.74) is 1.06. The van der Waals surface area contributed by atoms with Crippen LogP contribution in [-0.4, -0.2) is 35.6 Å². The summed E-state index contributed by atoms with van der Waals surface area (Å²) in [6.45, 7) is 0.913. The molecule has 0 unspecified atom stereocenters. The molecule has 0 saturated heterocycles. The van der Waals surface area contributed by atoms with E-state index >= 15 is 0 Å². The Labute approximate surface area is 106 Å². The van der Waals surface area contributed by atoms with Crippen LogP contribution in [-0.2, 0) is 11.3 Å². The van der Waals surface area contributed by atoms with E-state index in [4.69, 9.17) is 5.11 Å². The van der Waals surface area contributed by atoms with Gasteiger partial charge in [0.15, 0.2) is 0 Å². The van der Waals surface area contributed by atoms with Crippen LogP contribution in [0.3, 0.4) is 0 Å². The fourth-order valence-corrected chi connectivity index (χ4v) is 1.50. The van der Waals surface area contributed by atoms with Crippen LogP contribution in [0.25, 0.3) is 0 Å². The van der Waals surface area contributed by atoms with E-state index in [9.17, 15) is 9.59 Å². The number of hydrogen-bond acceptors (Lipinski definition) is 2. The fourth-order valence-electron chi connectivity index (χ4n) is 1.50. The van der Waals surface area contributed by atoms with Gasteiger partial charge in [0.2, 0.25) is 0 Å². The van der Waals surface area contributed by atoms with Crippen LogP contribution in [0.2, 0.25) is 0 Å². The van der Waals surface area contributed by atoms with Gasteiger partial charge in [-0.2, -0.15) is 0 Å². The summed E-state index contributed by atoms with van der Waals surface area (Å²) in [5, 5.41) is 11.1. The molecule has 0 aromatic heterocycles. The van der Waals surface area contributed by atoms with Crippen LogP contribution < -0.4 is 5.32 Å². The highest BCUT2D eigenvalue weighted by atomic mass is 16.4. The molecule has 5 heteroatoms. The highest BCUT2D eigenvalue weighted by molar-refractivity contribution is 5.74. The lowest BCUT2D eigenvalue weighted by Crippen LogP contribution is -2.37. The predicted molar refractivity (Wildman–Crippen MR) is 68.2 cm³/mol. The van der Waals surface area contributed by atoms with Gasteiger partial charge in [0, 0.05) is 26.6 Å². The number of carboxylic acids is 1. The number of nitrogens with one attached hydrogen (secondary N) is 1. The summed E-state index contributed by atoms with van der Waals surface area (Å²) >= 11 is 0. The first-order valence-electron chi connectivity index (χ1n) is 5.84. The maximum atomic E-state index is 11.7. The van der Waals surface area contributed by atoms with E-state index < -0.39 is 5.97 Å². The number of benzene rings is 1. The second kappa shape index (κ2) is 7.32. The first kappa shape index (κ1) is 14.0. The Balaban J connectivity index is 2.27. The number of amides is 2. The molecule has 0 bridgehead atoms. The minimum atomic E-state index is -0.845. The lowest BCUT2D eigenvalue weighted by Gasteiger charge is -2.17. The highest BCUT2D eigenvalue weighted by Gasteiger charge is 2.08. The number of aliphatic carboxylic acids is 1. The average molecular weight is 250 g/mol. The third kappa shape index (κ3) is 5.34. The Hall–Kier alpha value is -2.04. The number of nitrogens with zero attached hydrogens (tertiary/aromatic N) is 1. The Morgan fingerprint density at radius 2 is 1.94 bits per heavy atom. The Morgan fingerprint density at radius 1 is 1.28 bits per heavy atom. The predicted octanol–water partition coefficient (Wildman–Crippen LogP) is 1.69. The zero-order valence-electron chi connectivity index (χ0n) is 10.4. The molecule has 0 radical (unpaired) electrons. The number of hydrogen-bond donors (Lipinski definition) is 2.